The summed E-state index contributed by atoms with van der Waals surface area (Å²) in [5.74, 6) is 0. The number of benzene rings is 1. The number of thiocarbonyl (C=S) groups is 1. The lowest BCUT2D eigenvalue weighted by molar-refractivity contribution is 0.502. The van der Waals surface area contributed by atoms with Gasteiger partial charge in [0.15, 0.2) is 0 Å². The van der Waals surface area contributed by atoms with Crippen LogP contribution in [0.25, 0.3) is 0 Å². The molecule has 0 radical (unpaired) electrons. The van der Waals surface area contributed by atoms with Crippen LogP contribution in [0.3, 0.4) is 0 Å². The van der Waals surface area contributed by atoms with E-state index < -0.39 is 0 Å². The monoisotopic (exact) mass is 191 g/mol. The molecule has 0 unspecified atom stereocenters. The van der Waals surface area contributed by atoms with Crippen LogP contribution in [-0.2, 0) is 5.41 Å². The van der Waals surface area contributed by atoms with Gasteiger partial charge in [-0.3, -0.25) is 0 Å². The highest BCUT2D eigenvalue weighted by Gasteiger charge is 2.28. The zero-order valence-electron chi connectivity index (χ0n) is 7.92. The average molecular weight is 191 g/mol. The first kappa shape index (κ1) is 8.70. The van der Waals surface area contributed by atoms with Gasteiger partial charge in [0, 0.05) is 17.5 Å². The summed E-state index contributed by atoms with van der Waals surface area (Å²) in [6.45, 7) is 5.41. The SMILES string of the molecule is CC1(C)CNC(=S)c2ccccc21. The van der Waals surface area contributed by atoms with E-state index in [1.54, 1.807) is 0 Å². The van der Waals surface area contributed by atoms with E-state index in [2.05, 4.69) is 37.4 Å². The molecular weight excluding hydrogens is 178 g/mol. The van der Waals surface area contributed by atoms with Gasteiger partial charge in [-0.05, 0) is 5.56 Å². The Labute approximate surface area is 84.2 Å². The number of hydrogen-bond donors (Lipinski definition) is 1. The lowest BCUT2D eigenvalue weighted by atomic mass is 9.79. The molecule has 1 aliphatic heterocycles. The molecule has 1 aromatic rings. The maximum atomic E-state index is 5.25. The van der Waals surface area contributed by atoms with Crippen LogP contribution in [0.2, 0.25) is 0 Å². The fraction of sp³-hybridized carbons (Fsp3) is 0.364. The summed E-state index contributed by atoms with van der Waals surface area (Å²) >= 11 is 5.25. The molecule has 0 saturated heterocycles. The summed E-state index contributed by atoms with van der Waals surface area (Å²) in [5, 5.41) is 3.26. The molecule has 1 aliphatic rings. The molecule has 0 aliphatic carbocycles. The van der Waals surface area contributed by atoms with Crippen LogP contribution in [0.1, 0.15) is 25.0 Å². The van der Waals surface area contributed by atoms with Crippen molar-refractivity contribution >= 4 is 17.2 Å². The van der Waals surface area contributed by atoms with Crippen molar-refractivity contribution in [2.45, 2.75) is 19.3 Å². The van der Waals surface area contributed by atoms with E-state index in [0.29, 0.717) is 0 Å². The fourth-order valence-electron chi connectivity index (χ4n) is 1.76. The van der Waals surface area contributed by atoms with E-state index in [4.69, 9.17) is 12.2 Å². The van der Waals surface area contributed by atoms with Crippen molar-refractivity contribution in [3.05, 3.63) is 35.4 Å². The predicted octanol–water partition coefficient (Wildman–Crippen LogP) is 2.24. The predicted molar refractivity (Wildman–Crippen MR) is 59.2 cm³/mol. The first-order valence-corrected chi connectivity index (χ1v) is 4.90. The zero-order chi connectivity index (χ0) is 9.47. The number of fused-ring (bicyclic) bond motifs is 1. The van der Waals surface area contributed by atoms with Crippen molar-refractivity contribution < 1.29 is 0 Å². The van der Waals surface area contributed by atoms with Gasteiger partial charge in [-0.2, -0.15) is 0 Å². The molecule has 1 aromatic carbocycles. The molecule has 0 spiro atoms. The molecule has 1 heterocycles. The minimum Gasteiger partial charge on any atom is -0.375 e. The molecule has 1 nitrogen and oxygen atoms in total. The Hall–Kier alpha value is -0.890. The summed E-state index contributed by atoms with van der Waals surface area (Å²) < 4.78 is 0. The average Bonchev–Trinajstić information content (AvgIpc) is 2.13. The van der Waals surface area contributed by atoms with Crippen LogP contribution >= 0.6 is 12.2 Å². The molecule has 0 aromatic heterocycles. The number of rotatable bonds is 0. The fourth-order valence-corrected chi connectivity index (χ4v) is 2.01. The minimum atomic E-state index is 0.193. The van der Waals surface area contributed by atoms with E-state index >= 15 is 0 Å². The van der Waals surface area contributed by atoms with Gasteiger partial charge in [-0.1, -0.05) is 50.3 Å². The molecule has 68 valence electrons. The van der Waals surface area contributed by atoms with E-state index in [-0.39, 0.29) is 5.41 Å². The summed E-state index contributed by atoms with van der Waals surface area (Å²) in [7, 11) is 0. The van der Waals surface area contributed by atoms with Crippen molar-refractivity contribution in [3.63, 3.8) is 0 Å². The lowest BCUT2D eigenvalue weighted by Gasteiger charge is -2.33. The molecule has 0 bridgehead atoms. The van der Waals surface area contributed by atoms with Gasteiger partial charge < -0.3 is 5.32 Å². The highest BCUT2D eigenvalue weighted by molar-refractivity contribution is 7.80. The molecule has 13 heavy (non-hydrogen) atoms. The van der Waals surface area contributed by atoms with Crippen molar-refractivity contribution in [1.82, 2.24) is 5.32 Å². The summed E-state index contributed by atoms with van der Waals surface area (Å²) in [4.78, 5) is 0.884. The third-order valence-electron chi connectivity index (χ3n) is 2.59. The van der Waals surface area contributed by atoms with Gasteiger partial charge >= 0.3 is 0 Å². The van der Waals surface area contributed by atoms with Crippen LogP contribution in [0, 0.1) is 0 Å². The van der Waals surface area contributed by atoms with E-state index in [1.807, 2.05) is 6.07 Å². The summed E-state index contributed by atoms with van der Waals surface area (Å²) in [6.07, 6.45) is 0. The molecular formula is C11H13NS. The normalized spacial score (nSPS) is 19.1. The molecule has 0 saturated carbocycles. The molecule has 2 rings (SSSR count). The number of nitrogens with one attached hydrogen (secondary N) is 1. The largest absolute Gasteiger partial charge is 0.375 e. The van der Waals surface area contributed by atoms with Crippen molar-refractivity contribution in [2.24, 2.45) is 0 Å². The van der Waals surface area contributed by atoms with Crippen LogP contribution in [0.15, 0.2) is 24.3 Å². The second-order valence-electron chi connectivity index (χ2n) is 4.11. The van der Waals surface area contributed by atoms with Gasteiger partial charge in [0.25, 0.3) is 0 Å². The highest BCUT2D eigenvalue weighted by Crippen LogP contribution is 2.29. The van der Waals surface area contributed by atoms with Crippen molar-refractivity contribution in [3.8, 4) is 0 Å². The first-order valence-electron chi connectivity index (χ1n) is 4.49. The molecule has 1 N–H and O–H groups in total. The van der Waals surface area contributed by atoms with Crippen LogP contribution in [0.4, 0.5) is 0 Å². The lowest BCUT2D eigenvalue weighted by Crippen LogP contribution is -2.42. The maximum Gasteiger partial charge on any atom is 0.106 e. The van der Waals surface area contributed by atoms with E-state index in [1.165, 1.54) is 11.1 Å². The highest BCUT2D eigenvalue weighted by atomic mass is 32.1. The molecule has 2 heteroatoms. The van der Waals surface area contributed by atoms with E-state index in [9.17, 15) is 0 Å². The molecule has 0 amide bonds. The Morgan fingerprint density at radius 3 is 2.69 bits per heavy atom. The Morgan fingerprint density at radius 1 is 1.31 bits per heavy atom. The quantitative estimate of drug-likeness (QED) is 0.631. The van der Waals surface area contributed by atoms with Gasteiger partial charge in [0.05, 0.1) is 0 Å². The zero-order valence-corrected chi connectivity index (χ0v) is 8.74. The van der Waals surface area contributed by atoms with Crippen molar-refractivity contribution in [2.75, 3.05) is 6.54 Å². The smallest absolute Gasteiger partial charge is 0.106 e. The van der Waals surface area contributed by atoms with Gasteiger partial charge in [-0.15, -0.1) is 0 Å². The minimum absolute atomic E-state index is 0.193. The van der Waals surface area contributed by atoms with Crippen molar-refractivity contribution in [1.29, 1.82) is 0 Å². The Morgan fingerprint density at radius 2 is 2.00 bits per heavy atom. The maximum absolute atomic E-state index is 5.25. The third kappa shape index (κ3) is 1.35. The molecule has 0 atom stereocenters. The van der Waals surface area contributed by atoms with E-state index in [0.717, 1.165) is 11.5 Å². The summed E-state index contributed by atoms with van der Waals surface area (Å²) in [5.41, 5.74) is 2.74. The Bertz CT molecular complexity index is 355. The first-order chi connectivity index (χ1) is 6.11. The van der Waals surface area contributed by atoms with Gasteiger partial charge in [0.2, 0.25) is 0 Å². The topological polar surface area (TPSA) is 12.0 Å². The van der Waals surface area contributed by atoms with Crippen LogP contribution < -0.4 is 5.32 Å². The van der Waals surface area contributed by atoms with Gasteiger partial charge in [0.1, 0.15) is 4.99 Å². The number of hydrogen-bond acceptors (Lipinski definition) is 1. The second-order valence-corrected chi connectivity index (χ2v) is 4.52. The standard InChI is InChI=1S/C11H13NS/c1-11(2)7-12-10(13)8-5-3-4-6-9(8)11/h3-6H,7H2,1-2H3,(H,12,13). The Kier molecular flexibility index (Phi) is 1.88. The van der Waals surface area contributed by atoms with Gasteiger partial charge in [-0.25, -0.2) is 0 Å². The van der Waals surface area contributed by atoms with Crippen LogP contribution in [0.5, 0.6) is 0 Å². The summed E-state index contributed by atoms with van der Waals surface area (Å²) in [6, 6.07) is 8.37. The molecule has 0 fully saturated rings. The Balaban J connectivity index is 2.61. The third-order valence-corrected chi connectivity index (χ3v) is 2.96. The van der Waals surface area contributed by atoms with Crippen LogP contribution in [-0.4, -0.2) is 11.5 Å². The second kappa shape index (κ2) is 2.81.